The summed E-state index contributed by atoms with van der Waals surface area (Å²) in [5, 5.41) is 0. The smallest absolute Gasteiger partial charge is 0.243 e. The number of benzene rings is 2. The fourth-order valence-corrected chi connectivity index (χ4v) is 4.98. The number of para-hydroxylation sites is 2. The number of halogens is 1. The van der Waals surface area contributed by atoms with Gasteiger partial charge >= 0.3 is 0 Å². The molecule has 4 rings (SSSR count). The van der Waals surface area contributed by atoms with Crippen molar-refractivity contribution in [3.8, 4) is 0 Å². The number of sulfonamides is 1. The second-order valence-corrected chi connectivity index (χ2v) is 8.43. The lowest BCUT2D eigenvalue weighted by Gasteiger charge is -2.34. The molecule has 8 heteroatoms. The van der Waals surface area contributed by atoms with Crippen LogP contribution in [0.3, 0.4) is 0 Å². The Balaban J connectivity index is 1.56. The van der Waals surface area contributed by atoms with Crippen LogP contribution in [0.1, 0.15) is 6.92 Å². The minimum atomic E-state index is -3.69. The maximum absolute atomic E-state index is 13.4. The normalized spacial score (nSPS) is 16.1. The van der Waals surface area contributed by atoms with E-state index in [9.17, 15) is 12.8 Å². The Hall–Kier alpha value is -2.45. The highest BCUT2D eigenvalue weighted by Crippen LogP contribution is 2.25. The Morgan fingerprint density at radius 1 is 1.04 bits per heavy atom. The minimum absolute atomic E-state index is 0.00301. The fraction of sp³-hybridized carbons (Fsp3) is 0.316. The quantitative estimate of drug-likeness (QED) is 0.690. The first kappa shape index (κ1) is 17.9. The number of aryl methyl sites for hydroxylation is 1. The summed E-state index contributed by atoms with van der Waals surface area (Å²) in [6.07, 6.45) is 0. The summed E-state index contributed by atoms with van der Waals surface area (Å²) in [6, 6.07) is 13.1. The average molecular weight is 388 g/mol. The number of rotatable bonds is 4. The van der Waals surface area contributed by atoms with Gasteiger partial charge in [0.25, 0.3) is 0 Å². The maximum atomic E-state index is 13.4. The van der Waals surface area contributed by atoms with E-state index in [1.165, 1.54) is 22.5 Å². The molecule has 0 aliphatic carbocycles. The van der Waals surface area contributed by atoms with Gasteiger partial charge in [0.15, 0.2) is 0 Å². The third-order valence-corrected chi connectivity index (χ3v) is 6.80. The lowest BCUT2D eigenvalue weighted by Crippen LogP contribution is -2.49. The van der Waals surface area contributed by atoms with E-state index in [2.05, 4.69) is 16.4 Å². The summed E-state index contributed by atoms with van der Waals surface area (Å²) >= 11 is 0. The number of imidazole rings is 1. The Bertz CT molecular complexity index is 1070. The number of nitrogens with zero attached hydrogens (tertiary/aromatic N) is 4. The average Bonchev–Trinajstić information content (AvgIpc) is 3.06. The molecule has 0 spiro atoms. The molecule has 3 aromatic rings. The first-order valence-electron chi connectivity index (χ1n) is 8.96. The lowest BCUT2D eigenvalue weighted by atomic mass is 10.3. The summed E-state index contributed by atoms with van der Waals surface area (Å²) in [4.78, 5) is 6.84. The molecule has 0 amide bonds. The zero-order valence-corrected chi connectivity index (χ0v) is 15.9. The van der Waals surface area contributed by atoms with Crippen LogP contribution in [0.2, 0.25) is 0 Å². The Labute approximate surface area is 157 Å². The number of hydrogen-bond donors (Lipinski definition) is 0. The van der Waals surface area contributed by atoms with Gasteiger partial charge in [-0.05, 0) is 37.3 Å². The van der Waals surface area contributed by atoms with E-state index in [0.717, 1.165) is 29.6 Å². The van der Waals surface area contributed by atoms with E-state index >= 15 is 0 Å². The predicted octanol–water partition coefficient (Wildman–Crippen LogP) is 2.71. The lowest BCUT2D eigenvalue weighted by molar-refractivity contribution is 0.381. The molecule has 6 nitrogen and oxygen atoms in total. The van der Waals surface area contributed by atoms with Gasteiger partial charge in [-0.25, -0.2) is 17.8 Å². The molecule has 27 heavy (non-hydrogen) atoms. The van der Waals surface area contributed by atoms with Gasteiger partial charge in [0.05, 0.1) is 15.9 Å². The van der Waals surface area contributed by atoms with Crippen LogP contribution in [-0.4, -0.2) is 48.5 Å². The van der Waals surface area contributed by atoms with Crippen LogP contribution in [0.5, 0.6) is 0 Å². The Morgan fingerprint density at radius 3 is 2.48 bits per heavy atom. The van der Waals surface area contributed by atoms with Crippen molar-refractivity contribution in [1.82, 2.24) is 13.9 Å². The standard InChI is InChI=1S/C19H21FN4O2S/c1-2-24-18-9-4-3-8-17(18)21-19(24)22-10-12-23(13-11-22)27(25,26)16-7-5-6-15(20)14-16/h3-9,14H,2,10-13H2,1H3. The number of hydrogen-bond acceptors (Lipinski definition) is 4. The van der Waals surface area contributed by atoms with Crippen molar-refractivity contribution in [1.29, 1.82) is 0 Å². The van der Waals surface area contributed by atoms with Crippen LogP contribution in [0, 0.1) is 5.82 Å². The minimum Gasteiger partial charge on any atom is -0.340 e. The van der Waals surface area contributed by atoms with Gasteiger partial charge in [-0.15, -0.1) is 0 Å². The number of fused-ring (bicyclic) bond motifs is 1. The summed E-state index contributed by atoms with van der Waals surface area (Å²) in [5.41, 5.74) is 2.01. The van der Waals surface area contributed by atoms with Crippen molar-refractivity contribution in [3.05, 3.63) is 54.3 Å². The molecule has 1 aromatic heterocycles. The van der Waals surface area contributed by atoms with Crippen LogP contribution >= 0.6 is 0 Å². The van der Waals surface area contributed by atoms with Crippen molar-refractivity contribution in [3.63, 3.8) is 0 Å². The first-order chi connectivity index (χ1) is 13.0. The highest BCUT2D eigenvalue weighted by atomic mass is 32.2. The highest BCUT2D eigenvalue weighted by molar-refractivity contribution is 7.89. The van der Waals surface area contributed by atoms with Gasteiger partial charge in [0, 0.05) is 32.7 Å². The van der Waals surface area contributed by atoms with Gasteiger partial charge in [-0.1, -0.05) is 18.2 Å². The largest absolute Gasteiger partial charge is 0.340 e. The van der Waals surface area contributed by atoms with Gasteiger partial charge in [-0.3, -0.25) is 0 Å². The van der Waals surface area contributed by atoms with Crippen molar-refractivity contribution in [2.24, 2.45) is 0 Å². The maximum Gasteiger partial charge on any atom is 0.243 e. The van der Waals surface area contributed by atoms with Gasteiger partial charge in [0.1, 0.15) is 5.82 Å². The molecular formula is C19H21FN4O2S. The first-order valence-corrected chi connectivity index (χ1v) is 10.4. The van der Waals surface area contributed by atoms with Crippen LogP contribution in [-0.2, 0) is 16.6 Å². The van der Waals surface area contributed by atoms with Gasteiger partial charge in [-0.2, -0.15) is 4.31 Å². The third-order valence-electron chi connectivity index (χ3n) is 4.91. The molecule has 2 heterocycles. The van der Waals surface area contributed by atoms with Crippen molar-refractivity contribution in [2.45, 2.75) is 18.4 Å². The summed E-state index contributed by atoms with van der Waals surface area (Å²) in [6.45, 7) is 4.62. The van der Waals surface area contributed by atoms with E-state index < -0.39 is 15.8 Å². The zero-order valence-electron chi connectivity index (χ0n) is 15.0. The van der Waals surface area contributed by atoms with E-state index in [0.29, 0.717) is 26.2 Å². The molecule has 0 N–H and O–H groups in total. The van der Waals surface area contributed by atoms with Crippen LogP contribution < -0.4 is 4.90 Å². The molecule has 0 unspecified atom stereocenters. The van der Waals surface area contributed by atoms with Crippen LogP contribution in [0.25, 0.3) is 11.0 Å². The molecule has 0 radical (unpaired) electrons. The van der Waals surface area contributed by atoms with Crippen molar-refractivity contribution >= 4 is 27.0 Å². The van der Waals surface area contributed by atoms with Gasteiger partial charge in [0.2, 0.25) is 16.0 Å². The molecule has 0 bridgehead atoms. The zero-order chi connectivity index (χ0) is 19.0. The van der Waals surface area contributed by atoms with E-state index in [-0.39, 0.29) is 4.90 Å². The van der Waals surface area contributed by atoms with E-state index in [1.807, 2.05) is 24.3 Å². The van der Waals surface area contributed by atoms with E-state index in [1.54, 1.807) is 0 Å². The molecule has 1 fully saturated rings. The highest BCUT2D eigenvalue weighted by Gasteiger charge is 2.30. The molecule has 1 aliphatic rings. The molecule has 142 valence electrons. The molecule has 1 aliphatic heterocycles. The van der Waals surface area contributed by atoms with Gasteiger partial charge < -0.3 is 9.47 Å². The monoisotopic (exact) mass is 388 g/mol. The number of aromatic nitrogens is 2. The number of piperazine rings is 1. The summed E-state index contributed by atoms with van der Waals surface area (Å²) in [7, 11) is -3.69. The summed E-state index contributed by atoms with van der Waals surface area (Å²) < 4.78 is 42.5. The van der Waals surface area contributed by atoms with E-state index in [4.69, 9.17) is 4.98 Å². The Morgan fingerprint density at radius 2 is 1.78 bits per heavy atom. The number of anilines is 1. The summed E-state index contributed by atoms with van der Waals surface area (Å²) in [5.74, 6) is 0.313. The Kier molecular flexibility index (Phi) is 4.61. The second-order valence-electron chi connectivity index (χ2n) is 6.49. The van der Waals surface area contributed by atoms with Crippen LogP contribution in [0.4, 0.5) is 10.3 Å². The SMILES string of the molecule is CCn1c(N2CCN(S(=O)(=O)c3cccc(F)c3)CC2)nc2ccccc21. The molecule has 2 aromatic carbocycles. The molecular weight excluding hydrogens is 367 g/mol. The van der Waals surface area contributed by atoms with Crippen molar-refractivity contribution in [2.75, 3.05) is 31.1 Å². The molecule has 0 atom stereocenters. The molecule has 1 saturated heterocycles. The molecule has 0 saturated carbocycles. The van der Waals surface area contributed by atoms with Crippen LogP contribution in [0.15, 0.2) is 53.4 Å². The fourth-order valence-electron chi connectivity index (χ4n) is 3.52. The topological polar surface area (TPSA) is 58.4 Å². The third kappa shape index (κ3) is 3.19. The predicted molar refractivity (Wildman–Crippen MR) is 103 cm³/mol. The second kappa shape index (κ2) is 6.94. The van der Waals surface area contributed by atoms with Crippen molar-refractivity contribution < 1.29 is 12.8 Å².